The predicted octanol–water partition coefficient (Wildman–Crippen LogP) is 1.52. The minimum Gasteiger partial charge on any atom is -0.269 e. The van der Waals surface area contributed by atoms with Crippen LogP contribution in [-0.2, 0) is 9.59 Å². The number of benzene rings is 1. The molecule has 2 amide bonds. The molecule has 1 aliphatic heterocycles. The molecule has 0 aromatic heterocycles. The summed E-state index contributed by atoms with van der Waals surface area (Å²) in [5.74, 6) is -1.85. The lowest BCUT2D eigenvalue weighted by molar-refractivity contribution is -0.120. The highest BCUT2D eigenvalue weighted by Crippen LogP contribution is 2.27. The molecule has 0 saturated heterocycles. The fourth-order valence-corrected chi connectivity index (χ4v) is 1.63. The van der Waals surface area contributed by atoms with E-state index in [4.69, 9.17) is 5.26 Å². The van der Waals surface area contributed by atoms with E-state index in [-0.39, 0.29) is 16.8 Å². The normalized spacial score (nSPS) is 14.9. The highest BCUT2D eigenvalue weighted by molar-refractivity contribution is 6.30. The van der Waals surface area contributed by atoms with Crippen molar-refractivity contribution in [3.8, 4) is 6.07 Å². The molecule has 0 bridgehead atoms. The van der Waals surface area contributed by atoms with Gasteiger partial charge in [0.15, 0.2) is 0 Å². The van der Waals surface area contributed by atoms with Crippen LogP contribution in [0, 0.1) is 17.1 Å². The number of carbonyl (C=O) groups is 2. The minimum atomic E-state index is -0.754. The molecule has 2 rings (SSSR count). The maximum absolute atomic E-state index is 13.4. The van der Waals surface area contributed by atoms with Crippen molar-refractivity contribution in [1.29, 1.82) is 5.26 Å². The molecular weight excluding hydrogens is 223 g/mol. The maximum atomic E-state index is 13.4. The Bertz CT molecular complexity index is 599. The van der Waals surface area contributed by atoms with Crippen LogP contribution in [0.15, 0.2) is 29.8 Å². The summed E-state index contributed by atoms with van der Waals surface area (Å²) in [7, 11) is 0. The molecule has 4 nitrogen and oxygen atoms in total. The topological polar surface area (TPSA) is 61.2 Å². The van der Waals surface area contributed by atoms with E-state index in [1.807, 2.05) is 0 Å². The summed E-state index contributed by atoms with van der Waals surface area (Å²) < 4.78 is 13.4. The van der Waals surface area contributed by atoms with Crippen LogP contribution >= 0.6 is 0 Å². The largest absolute Gasteiger partial charge is 0.269 e. The molecule has 1 aliphatic rings. The fraction of sp³-hybridized carbons (Fsp3) is 0.0833. The second-order valence-corrected chi connectivity index (χ2v) is 3.55. The summed E-state index contributed by atoms with van der Waals surface area (Å²) in [6.45, 7) is 1.49. The molecule has 1 aromatic carbocycles. The van der Waals surface area contributed by atoms with Crippen molar-refractivity contribution in [3.05, 3.63) is 41.2 Å². The standard InChI is InChI=1S/C12H7FN2O2/c1-7-5-11(16)15(12(7)17)10-4-2-3-9(13)8(10)6-14/h2-5H,1H3. The SMILES string of the molecule is CC1=CC(=O)N(c2cccc(F)c2C#N)C1=O. The molecule has 0 radical (unpaired) electrons. The van der Waals surface area contributed by atoms with Crippen LogP contribution in [0.4, 0.5) is 10.1 Å². The summed E-state index contributed by atoms with van der Waals surface area (Å²) in [5.41, 5.74) is -0.0592. The third-order valence-corrected chi connectivity index (χ3v) is 2.45. The van der Waals surface area contributed by atoms with Gasteiger partial charge in [-0.2, -0.15) is 5.26 Å². The van der Waals surface area contributed by atoms with Gasteiger partial charge in [0.1, 0.15) is 17.4 Å². The lowest BCUT2D eigenvalue weighted by Gasteiger charge is -2.15. The van der Waals surface area contributed by atoms with Crippen molar-refractivity contribution in [1.82, 2.24) is 0 Å². The van der Waals surface area contributed by atoms with Gasteiger partial charge >= 0.3 is 0 Å². The molecule has 84 valence electrons. The Kier molecular flexibility index (Phi) is 2.48. The Hall–Kier alpha value is -2.48. The predicted molar refractivity (Wildman–Crippen MR) is 57.4 cm³/mol. The van der Waals surface area contributed by atoms with E-state index in [2.05, 4.69) is 0 Å². The van der Waals surface area contributed by atoms with Gasteiger partial charge in [-0.05, 0) is 19.1 Å². The zero-order chi connectivity index (χ0) is 12.6. The van der Waals surface area contributed by atoms with Gasteiger partial charge in [-0.25, -0.2) is 9.29 Å². The number of hydrogen-bond acceptors (Lipinski definition) is 3. The number of rotatable bonds is 1. The Morgan fingerprint density at radius 1 is 1.35 bits per heavy atom. The van der Waals surface area contributed by atoms with Gasteiger partial charge in [0.05, 0.1) is 5.69 Å². The van der Waals surface area contributed by atoms with Crippen molar-refractivity contribution < 1.29 is 14.0 Å². The number of carbonyl (C=O) groups excluding carboxylic acids is 2. The van der Waals surface area contributed by atoms with Crippen LogP contribution < -0.4 is 4.90 Å². The van der Waals surface area contributed by atoms with Gasteiger partial charge < -0.3 is 0 Å². The highest BCUT2D eigenvalue weighted by Gasteiger charge is 2.32. The van der Waals surface area contributed by atoms with E-state index >= 15 is 0 Å². The quantitative estimate of drug-likeness (QED) is 0.687. The average molecular weight is 230 g/mol. The van der Waals surface area contributed by atoms with Crippen molar-refractivity contribution in [2.75, 3.05) is 4.90 Å². The van der Waals surface area contributed by atoms with E-state index in [1.54, 1.807) is 6.07 Å². The first kappa shape index (κ1) is 11.0. The Morgan fingerprint density at radius 2 is 2.06 bits per heavy atom. The van der Waals surface area contributed by atoms with Gasteiger partial charge in [-0.15, -0.1) is 0 Å². The van der Waals surface area contributed by atoms with Crippen LogP contribution in [-0.4, -0.2) is 11.8 Å². The first-order valence-corrected chi connectivity index (χ1v) is 4.81. The number of anilines is 1. The van der Waals surface area contributed by atoms with Crippen molar-refractivity contribution in [2.24, 2.45) is 0 Å². The third-order valence-electron chi connectivity index (χ3n) is 2.45. The van der Waals surface area contributed by atoms with Crippen molar-refractivity contribution in [2.45, 2.75) is 6.92 Å². The highest BCUT2D eigenvalue weighted by atomic mass is 19.1. The van der Waals surface area contributed by atoms with Crippen molar-refractivity contribution in [3.63, 3.8) is 0 Å². The second kappa shape index (κ2) is 3.83. The van der Waals surface area contributed by atoms with Crippen LogP contribution in [0.2, 0.25) is 0 Å². The zero-order valence-electron chi connectivity index (χ0n) is 8.90. The van der Waals surface area contributed by atoms with Gasteiger partial charge in [0.2, 0.25) is 0 Å². The van der Waals surface area contributed by atoms with Crippen LogP contribution in [0.25, 0.3) is 0 Å². The Morgan fingerprint density at radius 3 is 2.59 bits per heavy atom. The molecule has 5 heteroatoms. The van der Waals surface area contributed by atoms with Gasteiger partial charge in [-0.1, -0.05) is 6.07 Å². The zero-order valence-corrected chi connectivity index (χ0v) is 8.90. The van der Waals surface area contributed by atoms with Crippen LogP contribution in [0.1, 0.15) is 12.5 Å². The number of nitriles is 1. The average Bonchev–Trinajstić information content (AvgIpc) is 2.53. The molecule has 0 unspecified atom stereocenters. The monoisotopic (exact) mass is 230 g/mol. The fourth-order valence-electron chi connectivity index (χ4n) is 1.63. The molecular formula is C12H7FN2O2. The lowest BCUT2D eigenvalue weighted by Crippen LogP contribution is -2.31. The summed E-state index contributed by atoms with van der Waals surface area (Å²) in [4.78, 5) is 24.1. The minimum absolute atomic E-state index is 0.0180. The van der Waals surface area contributed by atoms with Gasteiger partial charge in [-0.3, -0.25) is 9.59 Å². The Balaban J connectivity index is 2.58. The molecule has 17 heavy (non-hydrogen) atoms. The van der Waals surface area contributed by atoms with Crippen molar-refractivity contribution >= 4 is 17.5 Å². The molecule has 1 heterocycles. The third kappa shape index (κ3) is 1.60. The van der Waals surface area contributed by atoms with E-state index in [1.165, 1.54) is 19.1 Å². The summed E-state index contributed by atoms with van der Waals surface area (Å²) >= 11 is 0. The van der Waals surface area contributed by atoms with E-state index < -0.39 is 17.6 Å². The molecule has 1 aromatic rings. The summed E-state index contributed by atoms with van der Waals surface area (Å²) in [6, 6.07) is 5.47. The Labute approximate surface area is 96.6 Å². The van der Waals surface area contributed by atoms with E-state index in [9.17, 15) is 14.0 Å². The molecule has 0 fully saturated rings. The molecule has 0 aliphatic carbocycles. The van der Waals surface area contributed by atoms with Crippen LogP contribution in [0.3, 0.4) is 0 Å². The number of amides is 2. The van der Waals surface area contributed by atoms with Gasteiger partial charge in [0.25, 0.3) is 11.8 Å². The van der Waals surface area contributed by atoms with E-state index in [0.717, 1.165) is 17.0 Å². The molecule has 0 spiro atoms. The lowest BCUT2D eigenvalue weighted by atomic mass is 10.1. The van der Waals surface area contributed by atoms with E-state index in [0.29, 0.717) is 0 Å². The second-order valence-electron chi connectivity index (χ2n) is 3.55. The number of halogens is 1. The number of imide groups is 1. The molecule has 0 saturated carbocycles. The first-order valence-electron chi connectivity index (χ1n) is 4.81. The summed E-state index contributed by atoms with van der Waals surface area (Å²) in [5, 5.41) is 8.84. The molecule has 0 N–H and O–H groups in total. The number of nitrogens with zero attached hydrogens (tertiary/aromatic N) is 2. The first-order chi connectivity index (χ1) is 8.06. The van der Waals surface area contributed by atoms with Crippen LogP contribution in [0.5, 0.6) is 0 Å². The maximum Gasteiger partial charge on any atom is 0.261 e. The summed E-state index contributed by atoms with van der Waals surface area (Å²) in [6.07, 6.45) is 1.16. The smallest absolute Gasteiger partial charge is 0.261 e. The van der Waals surface area contributed by atoms with Gasteiger partial charge in [0, 0.05) is 11.6 Å². The molecule has 0 atom stereocenters. The number of hydrogen-bond donors (Lipinski definition) is 0.